The number of thioether (sulfide) groups is 1. The smallest absolute Gasteiger partial charge is 0.0558 e. The van der Waals surface area contributed by atoms with Gasteiger partial charge in [0.15, 0.2) is 0 Å². The van der Waals surface area contributed by atoms with E-state index in [2.05, 4.69) is 61.6 Å². The highest BCUT2D eigenvalue weighted by atomic mass is 35.5. The molecule has 3 heteroatoms. The summed E-state index contributed by atoms with van der Waals surface area (Å²) < 4.78 is 1.91. The molecule has 1 saturated heterocycles. The fraction of sp³-hybridized carbons (Fsp3) is 0.333. The molecule has 1 aromatic carbocycles. The van der Waals surface area contributed by atoms with Gasteiger partial charge in [0, 0.05) is 29.1 Å². The van der Waals surface area contributed by atoms with E-state index in [0.29, 0.717) is 11.8 Å². The van der Waals surface area contributed by atoms with Crippen LogP contribution in [0.5, 0.6) is 0 Å². The average Bonchev–Trinajstić information content (AvgIpc) is 2.85. The molecule has 1 nitrogen and oxygen atoms in total. The Morgan fingerprint density at radius 2 is 2.10 bits per heavy atom. The summed E-state index contributed by atoms with van der Waals surface area (Å²) in [4.78, 5) is 1.51. The van der Waals surface area contributed by atoms with E-state index in [9.17, 15) is 0 Å². The Kier molecular flexibility index (Phi) is 3.20. The predicted molar refractivity (Wildman–Crippen MR) is 91.1 cm³/mol. The van der Waals surface area contributed by atoms with Crippen LogP contribution in [-0.2, 0) is 0 Å². The fourth-order valence-electron chi connectivity index (χ4n) is 4.06. The largest absolute Gasteiger partial charge is 0.285 e. The van der Waals surface area contributed by atoms with E-state index in [1.165, 1.54) is 21.9 Å². The van der Waals surface area contributed by atoms with Crippen LogP contribution in [0.1, 0.15) is 18.4 Å². The summed E-state index contributed by atoms with van der Waals surface area (Å²) in [7, 11) is 0. The van der Waals surface area contributed by atoms with Crippen molar-refractivity contribution in [3.05, 3.63) is 70.8 Å². The number of allylic oxidation sites excluding steroid dienone is 4. The van der Waals surface area contributed by atoms with Gasteiger partial charge in [-0.25, -0.2) is 0 Å². The van der Waals surface area contributed by atoms with Gasteiger partial charge in [-0.1, -0.05) is 55.5 Å². The van der Waals surface area contributed by atoms with Crippen LogP contribution < -0.4 is 0 Å². The van der Waals surface area contributed by atoms with Crippen molar-refractivity contribution in [1.29, 1.82) is 0 Å². The first-order valence-electron chi connectivity index (χ1n) is 7.45. The molecule has 0 amide bonds. The van der Waals surface area contributed by atoms with Crippen LogP contribution in [-0.4, -0.2) is 16.7 Å². The van der Waals surface area contributed by atoms with Gasteiger partial charge in [-0.05, 0) is 22.5 Å². The Morgan fingerprint density at radius 3 is 2.90 bits per heavy atom. The minimum absolute atomic E-state index is 0.0285. The number of halogens is 1. The zero-order chi connectivity index (χ0) is 14.4. The predicted octanol–water partition coefficient (Wildman–Crippen LogP) is 4.95. The van der Waals surface area contributed by atoms with Gasteiger partial charge in [0.05, 0.1) is 12.0 Å². The van der Waals surface area contributed by atoms with Crippen molar-refractivity contribution in [3.63, 3.8) is 0 Å². The van der Waals surface area contributed by atoms with E-state index < -0.39 is 0 Å². The number of nitrogens with zero attached hydrogens (tertiary/aromatic N) is 1. The van der Waals surface area contributed by atoms with Crippen LogP contribution in [0.3, 0.4) is 0 Å². The van der Waals surface area contributed by atoms with Gasteiger partial charge in [0.2, 0.25) is 0 Å². The highest BCUT2D eigenvalue weighted by Gasteiger charge is 2.56. The van der Waals surface area contributed by atoms with Crippen LogP contribution in [0.4, 0.5) is 0 Å². The maximum Gasteiger partial charge on any atom is 0.0558 e. The minimum atomic E-state index is 0.0285. The second-order valence-electron chi connectivity index (χ2n) is 6.02. The summed E-state index contributed by atoms with van der Waals surface area (Å²) in [6.07, 6.45) is 9.06. The number of rotatable bonds is 1. The molecule has 3 aliphatic rings. The Hall–Kier alpha value is -1.12. The fourth-order valence-corrected chi connectivity index (χ4v) is 5.88. The Labute approximate surface area is 135 Å². The number of benzene rings is 1. The molecule has 0 radical (unpaired) electrons. The molecule has 4 rings (SSSR count). The van der Waals surface area contributed by atoms with Gasteiger partial charge >= 0.3 is 0 Å². The standard InChI is InChI=1S/C18H18ClNS/c1-13-12-21-17-10-11-20(19)16-9-5-8-15(18(13,16)17)14-6-3-2-4-7-14/h2-10,13,15H,11-12H2,1H3. The van der Waals surface area contributed by atoms with Crippen molar-refractivity contribution in [2.24, 2.45) is 11.3 Å². The zero-order valence-corrected chi connectivity index (χ0v) is 13.6. The third kappa shape index (κ3) is 1.79. The molecule has 0 saturated carbocycles. The summed E-state index contributed by atoms with van der Waals surface area (Å²) in [5.74, 6) is 2.12. The van der Waals surface area contributed by atoms with E-state index in [1.807, 2.05) is 16.2 Å². The first-order valence-corrected chi connectivity index (χ1v) is 8.77. The summed E-state index contributed by atoms with van der Waals surface area (Å²) in [6, 6.07) is 10.8. The summed E-state index contributed by atoms with van der Waals surface area (Å²) >= 11 is 8.56. The minimum Gasteiger partial charge on any atom is -0.285 e. The van der Waals surface area contributed by atoms with Gasteiger partial charge in [-0.15, -0.1) is 11.8 Å². The second kappa shape index (κ2) is 4.96. The molecule has 0 N–H and O–H groups in total. The molecule has 1 aliphatic carbocycles. The molecule has 2 heterocycles. The molecule has 3 atom stereocenters. The molecule has 3 unspecified atom stereocenters. The maximum absolute atomic E-state index is 6.55. The summed E-state index contributed by atoms with van der Waals surface area (Å²) in [5, 5.41) is 0. The van der Waals surface area contributed by atoms with E-state index in [0.717, 1.165) is 6.54 Å². The molecule has 0 aromatic heterocycles. The van der Waals surface area contributed by atoms with Crippen molar-refractivity contribution in [3.8, 4) is 0 Å². The van der Waals surface area contributed by atoms with Crippen molar-refractivity contribution < 1.29 is 0 Å². The Morgan fingerprint density at radius 1 is 1.29 bits per heavy atom. The van der Waals surface area contributed by atoms with Gasteiger partial charge in [0.1, 0.15) is 0 Å². The second-order valence-corrected chi connectivity index (χ2v) is 7.49. The average molecular weight is 316 g/mol. The molecule has 108 valence electrons. The molecule has 1 spiro atoms. The van der Waals surface area contributed by atoms with E-state index in [4.69, 9.17) is 11.8 Å². The third-order valence-electron chi connectivity index (χ3n) is 5.00. The lowest BCUT2D eigenvalue weighted by Crippen LogP contribution is -2.43. The van der Waals surface area contributed by atoms with Gasteiger partial charge in [-0.2, -0.15) is 0 Å². The van der Waals surface area contributed by atoms with Crippen LogP contribution in [0.15, 0.2) is 65.2 Å². The summed E-state index contributed by atoms with van der Waals surface area (Å²) in [6.45, 7) is 3.17. The summed E-state index contributed by atoms with van der Waals surface area (Å²) in [5.41, 5.74) is 2.68. The van der Waals surface area contributed by atoms with Gasteiger partial charge < -0.3 is 0 Å². The number of hydrogen-bond donors (Lipinski definition) is 0. The highest BCUT2D eigenvalue weighted by Crippen LogP contribution is 2.65. The van der Waals surface area contributed by atoms with Crippen LogP contribution >= 0.6 is 23.5 Å². The van der Waals surface area contributed by atoms with Crippen molar-refractivity contribution in [2.45, 2.75) is 12.8 Å². The molecule has 2 aliphatic heterocycles. The van der Waals surface area contributed by atoms with Gasteiger partial charge in [0.25, 0.3) is 0 Å². The third-order valence-corrected chi connectivity index (χ3v) is 6.81. The van der Waals surface area contributed by atoms with E-state index >= 15 is 0 Å². The lowest BCUT2D eigenvalue weighted by atomic mass is 9.60. The monoisotopic (exact) mass is 315 g/mol. The number of hydrogen-bond acceptors (Lipinski definition) is 2. The van der Waals surface area contributed by atoms with Crippen molar-refractivity contribution in [1.82, 2.24) is 4.42 Å². The zero-order valence-electron chi connectivity index (χ0n) is 12.0. The highest BCUT2D eigenvalue weighted by molar-refractivity contribution is 8.03. The first kappa shape index (κ1) is 13.5. The maximum atomic E-state index is 6.55. The Bertz CT molecular complexity index is 648. The van der Waals surface area contributed by atoms with E-state index in [-0.39, 0.29) is 5.41 Å². The normalized spacial score (nSPS) is 34.1. The lowest BCUT2D eigenvalue weighted by molar-refractivity contribution is 0.242. The quantitative estimate of drug-likeness (QED) is 0.675. The van der Waals surface area contributed by atoms with Gasteiger partial charge in [-0.3, -0.25) is 4.42 Å². The first-order chi connectivity index (χ1) is 10.2. The van der Waals surface area contributed by atoms with Crippen molar-refractivity contribution in [2.75, 3.05) is 12.3 Å². The van der Waals surface area contributed by atoms with E-state index in [1.54, 1.807) is 0 Å². The van der Waals surface area contributed by atoms with Crippen LogP contribution in [0.25, 0.3) is 0 Å². The van der Waals surface area contributed by atoms with Crippen LogP contribution in [0.2, 0.25) is 0 Å². The molecular formula is C18H18ClNS. The SMILES string of the molecule is CC1CSC2=CCN(Cl)C3=CC=CC(c4ccccc4)C231. The molecule has 0 bridgehead atoms. The Balaban J connectivity index is 1.93. The molecule has 1 fully saturated rings. The van der Waals surface area contributed by atoms with Crippen molar-refractivity contribution >= 4 is 23.5 Å². The van der Waals surface area contributed by atoms with Crippen LogP contribution in [0, 0.1) is 11.3 Å². The topological polar surface area (TPSA) is 3.24 Å². The molecule has 21 heavy (non-hydrogen) atoms. The molecular weight excluding hydrogens is 298 g/mol. The lowest BCUT2D eigenvalue weighted by Gasteiger charge is -2.48. The molecule has 1 aromatic rings.